The van der Waals surface area contributed by atoms with Crippen LogP contribution in [0.3, 0.4) is 0 Å². The number of carbonyl (C=O) groups is 2. The van der Waals surface area contributed by atoms with E-state index in [0.717, 1.165) is 30.5 Å². The average Bonchev–Trinajstić information content (AvgIpc) is 3.47. The number of amides is 2. The third-order valence-corrected chi connectivity index (χ3v) is 5.66. The number of fused-ring (bicyclic) bond motifs is 1. The molecule has 2 aliphatic heterocycles. The van der Waals surface area contributed by atoms with Gasteiger partial charge in [0.05, 0.1) is 26.9 Å². The summed E-state index contributed by atoms with van der Waals surface area (Å²) in [6.45, 7) is 1.25. The summed E-state index contributed by atoms with van der Waals surface area (Å²) in [5.41, 5.74) is 2.80. The van der Waals surface area contributed by atoms with Gasteiger partial charge < -0.3 is 29.2 Å². The quantitative estimate of drug-likeness (QED) is 0.764. The molecule has 2 aliphatic rings. The fourth-order valence-electron chi connectivity index (χ4n) is 4.11. The number of hydrogen-bond acceptors (Lipinski definition) is 6. The van der Waals surface area contributed by atoms with Crippen LogP contribution in [0.2, 0.25) is 0 Å². The van der Waals surface area contributed by atoms with E-state index in [-0.39, 0.29) is 23.7 Å². The van der Waals surface area contributed by atoms with E-state index < -0.39 is 0 Å². The number of nitrogens with one attached hydrogen (secondary N) is 1. The summed E-state index contributed by atoms with van der Waals surface area (Å²) >= 11 is 0. The fraction of sp³-hybridized carbons (Fsp3) is 0.391. The third-order valence-electron chi connectivity index (χ3n) is 5.66. The fourth-order valence-corrected chi connectivity index (χ4v) is 4.11. The molecule has 2 amide bonds. The lowest BCUT2D eigenvalue weighted by atomic mass is 10.1. The number of ether oxygens (including phenoxy) is 4. The Balaban J connectivity index is 1.58. The van der Waals surface area contributed by atoms with Crippen molar-refractivity contribution in [2.24, 2.45) is 0 Å². The molecule has 2 aromatic carbocycles. The zero-order valence-electron chi connectivity index (χ0n) is 17.9. The molecule has 0 spiro atoms. The molecule has 1 atom stereocenters. The van der Waals surface area contributed by atoms with Crippen LogP contribution >= 0.6 is 0 Å². The Morgan fingerprint density at radius 2 is 1.87 bits per heavy atom. The first-order valence-corrected chi connectivity index (χ1v) is 10.2. The highest BCUT2D eigenvalue weighted by Gasteiger charge is 2.33. The molecular weight excluding hydrogens is 400 g/mol. The van der Waals surface area contributed by atoms with E-state index in [0.29, 0.717) is 35.9 Å². The number of nitrogens with zero attached hydrogens (tertiary/aromatic N) is 1. The summed E-state index contributed by atoms with van der Waals surface area (Å²) in [6, 6.07) is 8.89. The van der Waals surface area contributed by atoms with Crippen molar-refractivity contribution in [3.05, 3.63) is 41.5 Å². The summed E-state index contributed by atoms with van der Waals surface area (Å²) in [7, 11) is 4.48. The van der Waals surface area contributed by atoms with Crippen LogP contribution in [-0.2, 0) is 16.0 Å². The molecule has 0 saturated carbocycles. The van der Waals surface area contributed by atoms with Crippen LogP contribution in [0, 0.1) is 0 Å². The molecule has 8 heteroatoms. The number of anilines is 2. The summed E-state index contributed by atoms with van der Waals surface area (Å²) in [5.74, 6) is 0.737. The summed E-state index contributed by atoms with van der Waals surface area (Å²) in [5, 5.41) is 2.90. The molecule has 164 valence electrons. The normalized spacial score (nSPS) is 17.3. The van der Waals surface area contributed by atoms with Crippen LogP contribution in [-0.4, -0.2) is 52.4 Å². The zero-order valence-corrected chi connectivity index (χ0v) is 17.9. The molecule has 4 rings (SSSR count). The van der Waals surface area contributed by atoms with Gasteiger partial charge in [0.2, 0.25) is 5.75 Å². The van der Waals surface area contributed by atoms with E-state index in [1.54, 1.807) is 17.0 Å². The minimum absolute atomic E-state index is 0.0127. The van der Waals surface area contributed by atoms with Crippen molar-refractivity contribution >= 4 is 23.2 Å². The summed E-state index contributed by atoms with van der Waals surface area (Å²) in [6.07, 6.45) is 2.06. The predicted molar refractivity (Wildman–Crippen MR) is 116 cm³/mol. The van der Waals surface area contributed by atoms with E-state index in [2.05, 4.69) is 5.32 Å². The van der Waals surface area contributed by atoms with Gasteiger partial charge in [-0.3, -0.25) is 9.59 Å². The van der Waals surface area contributed by atoms with Gasteiger partial charge in [-0.1, -0.05) is 6.07 Å². The van der Waals surface area contributed by atoms with E-state index in [9.17, 15) is 9.59 Å². The molecule has 0 aromatic heterocycles. The minimum Gasteiger partial charge on any atom is -0.493 e. The monoisotopic (exact) mass is 426 g/mol. The smallest absolute Gasteiger partial charge is 0.259 e. The van der Waals surface area contributed by atoms with Gasteiger partial charge in [0, 0.05) is 24.5 Å². The predicted octanol–water partition coefficient (Wildman–Crippen LogP) is 3.03. The largest absolute Gasteiger partial charge is 0.493 e. The molecule has 8 nitrogen and oxygen atoms in total. The van der Waals surface area contributed by atoms with E-state index >= 15 is 0 Å². The molecule has 1 saturated heterocycles. The Morgan fingerprint density at radius 1 is 1.06 bits per heavy atom. The van der Waals surface area contributed by atoms with Crippen LogP contribution in [0.4, 0.5) is 11.4 Å². The van der Waals surface area contributed by atoms with Crippen LogP contribution < -0.4 is 24.4 Å². The highest BCUT2D eigenvalue weighted by Crippen LogP contribution is 2.40. The van der Waals surface area contributed by atoms with Gasteiger partial charge in [-0.15, -0.1) is 0 Å². The van der Waals surface area contributed by atoms with Crippen molar-refractivity contribution in [3.8, 4) is 17.2 Å². The van der Waals surface area contributed by atoms with Crippen LogP contribution in [0.25, 0.3) is 0 Å². The first-order valence-electron chi connectivity index (χ1n) is 10.2. The van der Waals surface area contributed by atoms with Crippen LogP contribution in [0.15, 0.2) is 30.3 Å². The number of hydrogen-bond donors (Lipinski definition) is 1. The number of rotatable bonds is 6. The van der Waals surface area contributed by atoms with E-state index in [4.69, 9.17) is 18.9 Å². The first kappa shape index (κ1) is 21.0. The lowest BCUT2D eigenvalue weighted by Gasteiger charge is -2.21. The Bertz CT molecular complexity index is 1000. The Labute approximate surface area is 181 Å². The molecule has 0 bridgehead atoms. The Hall–Kier alpha value is -3.26. The topological polar surface area (TPSA) is 86.3 Å². The van der Waals surface area contributed by atoms with Crippen molar-refractivity contribution in [1.82, 2.24) is 0 Å². The number of methoxy groups -OCH3 is 3. The van der Waals surface area contributed by atoms with Gasteiger partial charge in [-0.2, -0.15) is 0 Å². The standard InChI is InChI=1S/C23H26N2O6/c1-28-18-9-8-16(20(29-2)21(18)30-3)22(26)24-15-7-6-14-10-11-25(17(14)13-15)23(27)19-5-4-12-31-19/h6-9,13,19H,4-5,10-12H2,1-3H3,(H,24,26)/t19-/m0/s1. The second-order valence-corrected chi connectivity index (χ2v) is 7.42. The van der Waals surface area contributed by atoms with Gasteiger partial charge >= 0.3 is 0 Å². The third kappa shape index (κ3) is 3.90. The molecule has 1 N–H and O–H groups in total. The molecular formula is C23H26N2O6. The van der Waals surface area contributed by atoms with Gasteiger partial charge in [-0.05, 0) is 49.1 Å². The van der Waals surface area contributed by atoms with Crippen molar-refractivity contribution in [2.45, 2.75) is 25.4 Å². The molecule has 31 heavy (non-hydrogen) atoms. The molecule has 1 fully saturated rings. The van der Waals surface area contributed by atoms with Gasteiger partial charge in [0.1, 0.15) is 6.10 Å². The highest BCUT2D eigenvalue weighted by molar-refractivity contribution is 6.07. The molecule has 0 unspecified atom stereocenters. The maximum atomic E-state index is 13.0. The maximum absolute atomic E-state index is 13.0. The lowest BCUT2D eigenvalue weighted by Crippen LogP contribution is -2.37. The zero-order chi connectivity index (χ0) is 22.0. The SMILES string of the molecule is COc1ccc(C(=O)Nc2ccc3c(c2)N(C(=O)[C@@H]2CCCO2)CC3)c(OC)c1OC. The van der Waals surface area contributed by atoms with Gasteiger partial charge in [0.25, 0.3) is 11.8 Å². The van der Waals surface area contributed by atoms with Crippen LogP contribution in [0.5, 0.6) is 17.2 Å². The second-order valence-electron chi connectivity index (χ2n) is 7.42. The van der Waals surface area contributed by atoms with E-state index in [1.165, 1.54) is 21.3 Å². The summed E-state index contributed by atoms with van der Waals surface area (Å²) < 4.78 is 21.6. The van der Waals surface area contributed by atoms with Crippen LogP contribution in [0.1, 0.15) is 28.8 Å². The molecule has 0 aliphatic carbocycles. The summed E-state index contributed by atoms with van der Waals surface area (Å²) in [4.78, 5) is 27.6. The van der Waals surface area contributed by atoms with E-state index in [1.807, 2.05) is 18.2 Å². The second kappa shape index (κ2) is 8.85. The average molecular weight is 426 g/mol. The van der Waals surface area contributed by atoms with Crippen molar-refractivity contribution in [1.29, 1.82) is 0 Å². The Kier molecular flexibility index (Phi) is 5.99. The van der Waals surface area contributed by atoms with Crippen molar-refractivity contribution in [3.63, 3.8) is 0 Å². The van der Waals surface area contributed by atoms with Crippen molar-refractivity contribution in [2.75, 3.05) is 44.7 Å². The number of carbonyl (C=O) groups excluding carboxylic acids is 2. The Morgan fingerprint density at radius 3 is 2.55 bits per heavy atom. The number of benzene rings is 2. The van der Waals surface area contributed by atoms with Gasteiger partial charge in [-0.25, -0.2) is 0 Å². The molecule has 2 aromatic rings. The lowest BCUT2D eigenvalue weighted by molar-refractivity contribution is -0.127. The minimum atomic E-state index is -0.375. The molecule has 0 radical (unpaired) electrons. The first-order chi connectivity index (χ1) is 15.1. The molecule has 2 heterocycles. The highest BCUT2D eigenvalue weighted by atomic mass is 16.5. The van der Waals surface area contributed by atoms with Gasteiger partial charge in [0.15, 0.2) is 11.5 Å². The maximum Gasteiger partial charge on any atom is 0.259 e. The van der Waals surface area contributed by atoms with Crippen molar-refractivity contribution < 1.29 is 28.5 Å².